The molecular weight excluding hydrogens is 362 g/mol. The van der Waals surface area contributed by atoms with E-state index in [1.54, 1.807) is 30.5 Å². The zero-order valence-electron chi connectivity index (χ0n) is 14.7. The van der Waals surface area contributed by atoms with Gasteiger partial charge in [-0.3, -0.25) is 4.99 Å². The van der Waals surface area contributed by atoms with Gasteiger partial charge in [-0.05, 0) is 72.1 Å². The van der Waals surface area contributed by atoms with Gasteiger partial charge >= 0.3 is 5.97 Å². The summed E-state index contributed by atoms with van der Waals surface area (Å²) in [4.78, 5) is 15.3. The maximum Gasteiger partial charge on any atom is 0.335 e. The minimum atomic E-state index is -0.937. The second kappa shape index (κ2) is 8.52. The Balaban J connectivity index is 1.60. The van der Waals surface area contributed by atoms with Crippen molar-refractivity contribution in [2.24, 2.45) is 4.99 Å². The Labute approximate surface area is 162 Å². The smallest absolute Gasteiger partial charge is 0.335 e. The van der Waals surface area contributed by atoms with Gasteiger partial charge in [-0.1, -0.05) is 29.8 Å². The summed E-state index contributed by atoms with van der Waals surface area (Å²) in [6, 6.07) is 19.8. The molecule has 0 aliphatic carbocycles. The molecule has 0 bridgehead atoms. The van der Waals surface area contributed by atoms with Crippen molar-refractivity contribution in [1.82, 2.24) is 0 Å². The molecule has 0 aromatic heterocycles. The molecular formula is C22H18ClNO3. The summed E-state index contributed by atoms with van der Waals surface area (Å²) in [7, 11) is 0. The first-order chi connectivity index (χ1) is 13.0. The van der Waals surface area contributed by atoms with Crippen molar-refractivity contribution in [1.29, 1.82) is 0 Å². The largest absolute Gasteiger partial charge is 0.489 e. The molecule has 0 heterocycles. The van der Waals surface area contributed by atoms with E-state index in [2.05, 4.69) is 4.99 Å². The normalized spacial score (nSPS) is 10.9. The number of aromatic carboxylic acids is 1. The van der Waals surface area contributed by atoms with Crippen LogP contribution in [0.15, 0.2) is 71.7 Å². The van der Waals surface area contributed by atoms with Crippen molar-refractivity contribution < 1.29 is 14.6 Å². The lowest BCUT2D eigenvalue weighted by atomic mass is 10.1. The molecule has 0 aliphatic rings. The first kappa shape index (κ1) is 18.7. The quantitative estimate of drug-likeness (QED) is 0.561. The van der Waals surface area contributed by atoms with Crippen LogP contribution in [-0.2, 0) is 6.61 Å². The van der Waals surface area contributed by atoms with Crippen LogP contribution in [0.5, 0.6) is 5.75 Å². The first-order valence-electron chi connectivity index (χ1n) is 8.36. The molecule has 0 radical (unpaired) electrons. The van der Waals surface area contributed by atoms with Gasteiger partial charge in [0.2, 0.25) is 0 Å². The van der Waals surface area contributed by atoms with Crippen LogP contribution in [0.4, 0.5) is 5.69 Å². The van der Waals surface area contributed by atoms with Crippen molar-refractivity contribution in [2.45, 2.75) is 13.5 Å². The number of carboxylic acid groups (broad SMARTS) is 1. The Morgan fingerprint density at radius 1 is 1.07 bits per heavy atom. The number of halogens is 1. The predicted molar refractivity (Wildman–Crippen MR) is 108 cm³/mol. The van der Waals surface area contributed by atoms with E-state index in [1.807, 2.05) is 49.4 Å². The van der Waals surface area contributed by atoms with Gasteiger partial charge in [0.05, 0.1) is 11.3 Å². The molecule has 0 saturated heterocycles. The van der Waals surface area contributed by atoms with E-state index in [0.29, 0.717) is 11.6 Å². The summed E-state index contributed by atoms with van der Waals surface area (Å²) in [5.74, 6) is -0.207. The highest BCUT2D eigenvalue weighted by atomic mass is 35.5. The molecule has 0 amide bonds. The number of nitrogens with zero attached hydrogens (tertiary/aromatic N) is 1. The zero-order chi connectivity index (χ0) is 19.2. The lowest BCUT2D eigenvalue weighted by Gasteiger charge is -2.07. The van der Waals surface area contributed by atoms with Gasteiger partial charge in [0.15, 0.2) is 0 Å². The summed E-state index contributed by atoms with van der Waals surface area (Å²) in [5.41, 5.74) is 4.02. The Morgan fingerprint density at radius 3 is 2.44 bits per heavy atom. The number of hydrogen-bond donors (Lipinski definition) is 1. The molecule has 3 aromatic rings. The highest BCUT2D eigenvalue weighted by Crippen LogP contribution is 2.23. The van der Waals surface area contributed by atoms with Gasteiger partial charge in [-0.15, -0.1) is 0 Å². The molecule has 0 unspecified atom stereocenters. The maximum absolute atomic E-state index is 10.9. The van der Waals surface area contributed by atoms with E-state index >= 15 is 0 Å². The lowest BCUT2D eigenvalue weighted by molar-refractivity contribution is 0.0697. The number of ether oxygens (including phenoxy) is 1. The van der Waals surface area contributed by atoms with Crippen LogP contribution in [-0.4, -0.2) is 17.3 Å². The van der Waals surface area contributed by atoms with Gasteiger partial charge in [0.25, 0.3) is 0 Å². The third-order valence-electron chi connectivity index (χ3n) is 4.01. The van der Waals surface area contributed by atoms with Crippen LogP contribution in [0.1, 0.15) is 27.0 Å². The highest BCUT2D eigenvalue weighted by Gasteiger charge is 2.02. The molecule has 5 heteroatoms. The van der Waals surface area contributed by atoms with Crippen molar-refractivity contribution in [3.05, 3.63) is 94.0 Å². The first-order valence-corrected chi connectivity index (χ1v) is 8.74. The average molecular weight is 380 g/mol. The van der Waals surface area contributed by atoms with Crippen LogP contribution >= 0.6 is 11.6 Å². The monoisotopic (exact) mass is 379 g/mol. The van der Waals surface area contributed by atoms with Crippen LogP contribution < -0.4 is 4.74 Å². The van der Waals surface area contributed by atoms with Gasteiger partial charge in [-0.25, -0.2) is 4.79 Å². The number of rotatable bonds is 6. The number of carboxylic acids is 1. The predicted octanol–water partition coefficient (Wildman–Crippen LogP) is 5.68. The lowest BCUT2D eigenvalue weighted by Crippen LogP contribution is -1.99. The van der Waals surface area contributed by atoms with Gasteiger partial charge in [0.1, 0.15) is 12.4 Å². The molecule has 1 N–H and O–H groups in total. The zero-order valence-corrected chi connectivity index (χ0v) is 15.5. The molecule has 136 valence electrons. The standard InChI is InChI=1S/C22H18ClNO3/c1-15-2-9-19(23)12-21(15)24-13-16-5-10-20(11-6-16)27-14-17-3-7-18(8-4-17)22(25)26/h2-13H,14H2,1H3,(H,25,26). The van der Waals surface area contributed by atoms with E-state index < -0.39 is 5.97 Å². The summed E-state index contributed by atoms with van der Waals surface area (Å²) in [6.07, 6.45) is 1.78. The molecule has 0 saturated carbocycles. The van der Waals surface area contributed by atoms with Crippen molar-refractivity contribution in [2.75, 3.05) is 0 Å². The number of hydrogen-bond acceptors (Lipinski definition) is 3. The van der Waals surface area contributed by atoms with Crippen LogP contribution in [0, 0.1) is 6.92 Å². The molecule has 4 nitrogen and oxygen atoms in total. The van der Waals surface area contributed by atoms with E-state index in [1.165, 1.54) is 0 Å². The Morgan fingerprint density at radius 2 is 1.78 bits per heavy atom. The van der Waals surface area contributed by atoms with E-state index in [0.717, 1.165) is 28.1 Å². The SMILES string of the molecule is Cc1ccc(Cl)cc1N=Cc1ccc(OCc2ccc(C(=O)O)cc2)cc1. The maximum atomic E-state index is 10.9. The minimum Gasteiger partial charge on any atom is -0.489 e. The van der Waals surface area contributed by atoms with E-state index in [4.69, 9.17) is 21.4 Å². The van der Waals surface area contributed by atoms with Gasteiger partial charge in [-0.2, -0.15) is 0 Å². The van der Waals surface area contributed by atoms with Crippen molar-refractivity contribution >= 4 is 29.5 Å². The Kier molecular flexibility index (Phi) is 5.89. The molecule has 0 fully saturated rings. The number of benzene rings is 3. The summed E-state index contributed by atoms with van der Waals surface area (Å²) in [5, 5.41) is 9.57. The van der Waals surface area contributed by atoms with E-state index in [9.17, 15) is 4.79 Å². The fourth-order valence-corrected chi connectivity index (χ4v) is 2.59. The molecule has 0 atom stereocenters. The Bertz CT molecular complexity index is 964. The van der Waals surface area contributed by atoms with Crippen molar-refractivity contribution in [3.8, 4) is 5.75 Å². The topological polar surface area (TPSA) is 58.9 Å². The third kappa shape index (κ3) is 5.19. The summed E-state index contributed by atoms with van der Waals surface area (Å²) < 4.78 is 5.74. The second-order valence-electron chi connectivity index (χ2n) is 6.05. The number of carbonyl (C=O) groups is 1. The van der Waals surface area contributed by atoms with Crippen LogP contribution in [0.3, 0.4) is 0 Å². The van der Waals surface area contributed by atoms with Gasteiger partial charge in [0, 0.05) is 11.2 Å². The van der Waals surface area contributed by atoms with Crippen LogP contribution in [0.2, 0.25) is 5.02 Å². The highest BCUT2D eigenvalue weighted by molar-refractivity contribution is 6.30. The van der Waals surface area contributed by atoms with E-state index in [-0.39, 0.29) is 5.56 Å². The van der Waals surface area contributed by atoms with Crippen LogP contribution in [0.25, 0.3) is 0 Å². The molecule has 0 aliphatic heterocycles. The fourth-order valence-electron chi connectivity index (χ4n) is 2.43. The third-order valence-corrected chi connectivity index (χ3v) is 4.25. The summed E-state index contributed by atoms with van der Waals surface area (Å²) >= 11 is 6.01. The molecule has 27 heavy (non-hydrogen) atoms. The Hall–Kier alpha value is -3.11. The fraction of sp³-hybridized carbons (Fsp3) is 0.0909. The molecule has 3 rings (SSSR count). The van der Waals surface area contributed by atoms with Crippen molar-refractivity contribution in [3.63, 3.8) is 0 Å². The molecule has 0 spiro atoms. The number of aliphatic imine (C=N–C) groups is 1. The number of aryl methyl sites for hydroxylation is 1. The minimum absolute atomic E-state index is 0.261. The summed E-state index contributed by atoms with van der Waals surface area (Å²) in [6.45, 7) is 2.36. The van der Waals surface area contributed by atoms with Gasteiger partial charge < -0.3 is 9.84 Å². The second-order valence-corrected chi connectivity index (χ2v) is 6.49. The molecule has 3 aromatic carbocycles. The average Bonchev–Trinajstić information content (AvgIpc) is 2.68.